The van der Waals surface area contributed by atoms with Gasteiger partial charge in [-0.3, -0.25) is 14.3 Å². The van der Waals surface area contributed by atoms with Crippen LogP contribution in [0.4, 0.5) is 0 Å². The Balaban J connectivity index is 1.39. The van der Waals surface area contributed by atoms with Gasteiger partial charge in [0.1, 0.15) is 0 Å². The van der Waals surface area contributed by atoms with Gasteiger partial charge in [-0.25, -0.2) is 4.52 Å². The van der Waals surface area contributed by atoms with E-state index in [1.165, 1.54) is 0 Å². The van der Waals surface area contributed by atoms with Crippen molar-refractivity contribution in [2.75, 3.05) is 13.1 Å². The zero-order chi connectivity index (χ0) is 18.5. The largest absolute Gasteiger partial charge is 0.355 e. The van der Waals surface area contributed by atoms with Crippen LogP contribution in [-0.2, 0) is 11.3 Å². The van der Waals surface area contributed by atoms with Crippen molar-refractivity contribution >= 4 is 17.3 Å². The van der Waals surface area contributed by atoms with E-state index in [0.29, 0.717) is 6.54 Å². The van der Waals surface area contributed by atoms with E-state index in [-0.39, 0.29) is 24.1 Å². The predicted octanol–water partition coefficient (Wildman–Crippen LogP) is 1.08. The van der Waals surface area contributed by atoms with Gasteiger partial charge in [0.2, 0.25) is 5.91 Å². The number of rotatable bonds is 7. The lowest BCUT2D eigenvalue weighted by molar-refractivity contribution is -0.120. The van der Waals surface area contributed by atoms with E-state index in [2.05, 4.69) is 20.8 Å². The van der Waals surface area contributed by atoms with Crippen molar-refractivity contribution in [1.82, 2.24) is 30.0 Å². The minimum atomic E-state index is -0.369. The van der Waals surface area contributed by atoms with Crippen LogP contribution in [0, 0.1) is 13.8 Å². The molecule has 0 aliphatic rings. The van der Waals surface area contributed by atoms with Crippen LogP contribution in [0.5, 0.6) is 0 Å². The molecule has 26 heavy (non-hydrogen) atoms. The van der Waals surface area contributed by atoms with Crippen molar-refractivity contribution in [3.63, 3.8) is 0 Å². The van der Waals surface area contributed by atoms with Gasteiger partial charge >= 0.3 is 0 Å². The number of carbonyl (C=O) groups excluding carboxylic acids is 2. The molecule has 0 saturated carbocycles. The standard InChI is InChI=1S/C18H22N6O2/c1-13-10-14(2)23(21-13)9-5-7-19-17(25)12-20-18(26)16-11-15-6-3-4-8-24(15)22-16/h3-4,6,8,10-11H,5,7,9,12H2,1-2H3,(H,19,25)(H,20,26). The van der Waals surface area contributed by atoms with E-state index < -0.39 is 0 Å². The molecule has 2 N–H and O–H groups in total. The molecule has 3 aromatic rings. The molecule has 0 unspecified atom stereocenters. The molecule has 0 aliphatic heterocycles. The van der Waals surface area contributed by atoms with Crippen LogP contribution in [0.15, 0.2) is 36.5 Å². The molecule has 0 aliphatic carbocycles. The minimum Gasteiger partial charge on any atom is -0.355 e. The zero-order valence-electron chi connectivity index (χ0n) is 14.9. The number of amides is 2. The summed E-state index contributed by atoms with van der Waals surface area (Å²) < 4.78 is 3.54. The van der Waals surface area contributed by atoms with E-state index in [1.807, 2.05) is 42.8 Å². The summed E-state index contributed by atoms with van der Waals surface area (Å²) in [5.74, 6) is -0.595. The lowest BCUT2D eigenvalue weighted by Gasteiger charge is -2.07. The molecule has 0 fully saturated rings. The van der Waals surface area contributed by atoms with E-state index in [4.69, 9.17) is 0 Å². The lowest BCUT2D eigenvalue weighted by Crippen LogP contribution is -2.37. The average Bonchev–Trinajstić information content (AvgIpc) is 3.19. The normalized spacial score (nSPS) is 10.8. The van der Waals surface area contributed by atoms with Crippen LogP contribution < -0.4 is 10.6 Å². The third-order valence-electron chi connectivity index (χ3n) is 3.98. The van der Waals surface area contributed by atoms with Crippen molar-refractivity contribution < 1.29 is 9.59 Å². The number of hydrogen-bond acceptors (Lipinski definition) is 4. The highest BCUT2D eigenvalue weighted by molar-refractivity contribution is 5.95. The van der Waals surface area contributed by atoms with Crippen LogP contribution in [0.1, 0.15) is 28.3 Å². The first-order chi connectivity index (χ1) is 12.5. The monoisotopic (exact) mass is 354 g/mol. The van der Waals surface area contributed by atoms with Crippen molar-refractivity contribution in [1.29, 1.82) is 0 Å². The highest BCUT2D eigenvalue weighted by atomic mass is 16.2. The molecule has 0 spiro atoms. The Morgan fingerprint density at radius 1 is 1.12 bits per heavy atom. The van der Waals surface area contributed by atoms with Gasteiger partial charge in [0, 0.05) is 25.0 Å². The first-order valence-corrected chi connectivity index (χ1v) is 8.53. The van der Waals surface area contributed by atoms with Gasteiger partial charge < -0.3 is 10.6 Å². The Morgan fingerprint density at radius 2 is 1.96 bits per heavy atom. The minimum absolute atomic E-state index is 0.0768. The predicted molar refractivity (Wildman–Crippen MR) is 96.9 cm³/mol. The fourth-order valence-corrected chi connectivity index (χ4v) is 2.72. The fraction of sp³-hybridized carbons (Fsp3) is 0.333. The molecule has 3 heterocycles. The first-order valence-electron chi connectivity index (χ1n) is 8.53. The molecule has 0 atom stereocenters. The fourth-order valence-electron chi connectivity index (χ4n) is 2.72. The average molecular weight is 354 g/mol. The second-order valence-electron chi connectivity index (χ2n) is 6.14. The number of aromatic nitrogens is 4. The summed E-state index contributed by atoms with van der Waals surface area (Å²) in [6, 6.07) is 9.27. The van der Waals surface area contributed by atoms with Crippen LogP contribution in [0.25, 0.3) is 5.52 Å². The number of carbonyl (C=O) groups is 2. The Labute approximate surface area is 151 Å². The maximum atomic E-state index is 12.1. The van der Waals surface area contributed by atoms with E-state index >= 15 is 0 Å². The molecular formula is C18H22N6O2. The Hall–Kier alpha value is -3.16. The third kappa shape index (κ3) is 4.27. The molecule has 136 valence electrons. The molecule has 0 saturated heterocycles. The highest BCUT2D eigenvalue weighted by Crippen LogP contribution is 2.05. The topological polar surface area (TPSA) is 93.3 Å². The van der Waals surface area contributed by atoms with Gasteiger partial charge in [-0.2, -0.15) is 10.2 Å². The number of nitrogens with zero attached hydrogens (tertiary/aromatic N) is 4. The van der Waals surface area contributed by atoms with E-state index in [9.17, 15) is 9.59 Å². The van der Waals surface area contributed by atoms with Crippen molar-refractivity contribution in [3.05, 3.63) is 53.6 Å². The quantitative estimate of drug-likeness (QED) is 0.621. The number of nitrogens with one attached hydrogen (secondary N) is 2. The zero-order valence-corrected chi connectivity index (χ0v) is 14.9. The molecule has 3 rings (SSSR count). The molecular weight excluding hydrogens is 332 g/mol. The molecule has 0 aromatic carbocycles. The molecule has 8 nitrogen and oxygen atoms in total. The molecule has 2 amide bonds. The third-order valence-corrected chi connectivity index (χ3v) is 3.98. The number of pyridine rings is 1. The van der Waals surface area contributed by atoms with E-state index in [0.717, 1.165) is 29.9 Å². The molecule has 0 radical (unpaired) electrons. The van der Waals surface area contributed by atoms with Crippen LogP contribution in [-0.4, -0.2) is 44.3 Å². The molecule has 8 heteroatoms. The van der Waals surface area contributed by atoms with Gasteiger partial charge in [0.25, 0.3) is 5.91 Å². The van der Waals surface area contributed by atoms with Crippen molar-refractivity contribution in [2.24, 2.45) is 0 Å². The smallest absolute Gasteiger partial charge is 0.272 e. The Bertz CT molecular complexity index is 894. The maximum Gasteiger partial charge on any atom is 0.272 e. The molecule has 0 bridgehead atoms. The summed E-state index contributed by atoms with van der Waals surface area (Å²) >= 11 is 0. The van der Waals surface area contributed by atoms with Gasteiger partial charge in [0.15, 0.2) is 5.69 Å². The first kappa shape index (κ1) is 17.7. The van der Waals surface area contributed by atoms with Crippen molar-refractivity contribution in [3.8, 4) is 0 Å². The number of aryl methyl sites for hydroxylation is 3. The van der Waals surface area contributed by atoms with Gasteiger partial charge in [-0.1, -0.05) is 6.07 Å². The second-order valence-corrected chi connectivity index (χ2v) is 6.14. The summed E-state index contributed by atoms with van der Waals surface area (Å²) in [5, 5.41) is 13.9. The summed E-state index contributed by atoms with van der Waals surface area (Å²) in [6.45, 7) is 5.16. The van der Waals surface area contributed by atoms with Gasteiger partial charge in [0.05, 0.1) is 17.8 Å². The van der Waals surface area contributed by atoms with Crippen LogP contribution in [0.2, 0.25) is 0 Å². The van der Waals surface area contributed by atoms with E-state index in [1.54, 1.807) is 16.8 Å². The summed E-state index contributed by atoms with van der Waals surface area (Å²) in [5.41, 5.74) is 3.20. The summed E-state index contributed by atoms with van der Waals surface area (Å²) in [4.78, 5) is 24.0. The van der Waals surface area contributed by atoms with Crippen LogP contribution in [0.3, 0.4) is 0 Å². The van der Waals surface area contributed by atoms with Crippen molar-refractivity contribution in [2.45, 2.75) is 26.8 Å². The second kappa shape index (κ2) is 7.81. The lowest BCUT2D eigenvalue weighted by atomic mass is 10.3. The van der Waals surface area contributed by atoms with Gasteiger partial charge in [-0.15, -0.1) is 0 Å². The summed E-state index contributed by atoms with van der Waals surface area (Å²) in [6.07, 6.45) is 2.54. The van der Waals surface area contributed by atoms with Crippen LogP contribution >= 0.6 is 0 Å². The Kier molecular flexibility index (Phi) is 5.31. The molecule has 3 aromatic heterocycles. The van der Waals surface area contributed by atoms with Gasteiger partial charge in [-0.05, 0) is 44.5 Å². The number of fused-ring (bicyclic) bond motifs is 1. The highest BCUT2D eigenvalue weighted by Gasteiger charge is 2.11. The number of hydrogen-bond donors (Lipinski definition) is 2. The maximum absolute atomic E-state index is 12.1. The SMILES string of the molecule is Cc1cc(C)n(CCCNC(=O)CNC(=O)c2cc3ccccn3n2)n1. The Morgan fingerprint density at radius 3 is 2.69 bits per heavy atom. The summed E-state index contributed by atoms with van der Waals surface area (Å²) in [7, 11) is 0.